The van der Waals surface area contributed by atoms with Crippen LogP contribution < -0.4 is 0 Å². The Morgan fingerprint density at radius 1 is 1.00 bits per heavy atom. The number of hydrogen-bond donors (Lipinski definition) is 4. The summed E-state index contributed by atoms with van der Waals surface area (Å²) in [5.74, 6) is -6.22. The summed E-state index contributed by atoms with van der Waals surface area (Å²) in [4.78, 5) is 41.2. The van der Waals surface area contributed by atoms with Crippen LogP contribution in [0.25, 0.3) is 11.6 Å². The number of phenols is 1. The first-order valence-electron chi connectivity index (χ1n) is 14.9. The number of phenolic OH excluding ortho intramolecular Hbond substituents is 1. The number of aliphatic hydroxyl groups excluding tert-OH is 2. The molecule has 0 saturated heterocycles. The molecule has 0 heterocycles. The smallest absolute Gasteiger partial charge is 0.209 e. The normalized spacial score (nSPS) is 33.2. The number of fused-ring (bicyclic) bond motifs is 4. The van der Waals surface area contributed by atoms with Gasteiger partial charge >= 0.3 is 0 Å². The van der Waals surface area contributed by atoms with Gasteiger partial charge in [-0.1, -0.05) is 84.0 Å². The van der Waals surface area contributed by atoms with Crippen LogP contribution in [0.2, 0.25) is 0 Å². The van der Waals surface area contributed by atoms with Gasteiger partial charge in [-0.3, -0.25) is 14.4 Å². The highest BCUT2D eigenvalue weighted by molar-refractivity contribution is 6.25. The Kier molecular flexibility index (Phi) is 6.11. The van der Waals surface area contributed by atoms with Crippen LogP contribution in [0.3, 0.4) is 0 Å². The molecular formula is C36H38O7. The summed E-state index contributed by atoms with van der Waals surface area (Å²) in [6.45, 7) is 12.0. The van der Waals surface area contributed by atoms with Crippen molar-refractivity contribution in [3.63, 3.8) is 0 Å². The van der Waals surface area contributed by atoms with Gasteiger partial charge in [-0.15, -0.1) is 0 Å². The number of carbonyl (C=O) groups is 3. The molecule has 0 saturated carbocycles. The molecule has 0 aromatic heterocycles. The number of Topliss-reactive ketones (excluding diaryl/α,β-unsaturated/α-hetero) is 3. The van der Waals surface area contributed by atoms with Crippen LogP contribution in [0.1, 0.15) is 87.0 Å². The van der Waals surface area contributed by atoms with Crippen molar-refractivity contribution in [3.05, 3.63) is 86.9 Å². The highest BCUT2D eigenvalue weighted by atomic mass is 16.3. The summed E-state index contributed by atoms with van der Waals surface area (Å²) in [6.07, 6.45) is 2.57. The zero-order valence-electron chi connectivity index (χ0n) is 25.6. The molecule has 0 aliphatic heterocycles. The third-order valence-electron chi connectivity index (χ3n) is 11.6. The van der Waals surface area contributed by atoms with Crippen molar-refractivity contribution < 1.29 is 34.8 Å². The topological polar surface area (TPSA) is 132 Å². The Bertz CT molecular complexity index is 1760. The Morgan fingerprint density at radius 3 is 2.26 bits per heavy atom. The van der Waals surface area contributed by atoms with Crippen LogP contribution in [0, 0.1) is 28.6 Å². The van der Waals surface area contributed by atoms with E-state index in [1.54, 1.807) is 6.92 Å². The summed E-state index contributed by atoms with van der Waals surface area (Å²) in [5.41, 5.74) is -1.80. The van der Waals surface area contributed by atoms with E-state index in [-0.39, 0.29) is 22.8 Å². The minimum absolute atomic E-state index is 0.0362. The quantitative estimate of drug-likeness (QED) is 0.315. The predicted molar refractivity (Wildman–Crippen MR) is 163 cm³/mol. The van der Waals surface area contributed by atoms with Crippen LogP contribution in [0.4, 0.5) is 0 Å². The second kappa shape index (κ2) is 9.02. The van der Waals surface area contributed by atoms with Crippen LogP contribution in [0.5, 0.6) is 5.75 Å². The van der Waals surface area contributed by atoms with Gasteiger partial charge in [-0.2, -0.15) is 0 Å². The minimum atomic E-state index is -2.65. The molecule has 1 unspecified atom stereocenters. The fourth-order valence-electron chi connectivity index (χ4n) is 9.09. The van der Waals surface area contributed by atoms with E-state index in [0.29, 0.717) is 17.5 Å². The number of allylic oxidation sites excluding steroid dienone is 3. The van der Waals surface area contributed by atoms with Gasteiger partial charge in [0.1, 0.15) is 22.8 Å². The van der Waals surface area contributed by atoms with Gasteiger partial charge < -0.3 is 20.4 Å². The first-order chi connectivity index (χ1) is 20.1. The molecule has 43 heavy (non-hydrogen) atoms. The van der Waals surface area contributed by atoms with Crippen LogP contribution >= 0.6 is 0 Å². The highest BCUT2D eigenvalue weighted by Gasteiger charge is 2.74. The standard InChI is InChI=1S/C36H38O7/c1-16(2)27-30(39)25(18(4)37)32(41)36(43)33(42)28-31(40)26-23(17(3)34(28,6)19(5)35(27,36)7)12-13-24(29(26)38)22-14-20-10-8-9-11-21(20)15-22/h8-14,16-17,19,27,38-39,42-43H,15H2,1-7H3/t17-,19-,27?,34-,35-,36+/m1/s1. The summed E-state index contributed by atoms with van der Waals surface area (Å²) >= 11 is 0. The number of aromatic hydroxyl groups is 1. The Hall–Kier alpha value is -3.97. The number of hydrogen-bond acceptors (Lipinski definition) is 7. The van der Waals surface area contributed by atoms with E-state index in [1.165, 1.54) is 0 Å². The number of carbonyl (C=O) groups excluding carboxylic acids is 3. The van der Waals surface area contributed by atoms with E-state index in [4.69, 9.17) is 0 Å². The molecule has 4 aliphatic carbocycles. The fourth-order valence-corrected chi connectivity index (χ4v) is 9.09. The van der Waals surface area contributed by atoms with E-state index >= 15 is 0 Å². The number of rotatable bonds is 3. The van der Waals surface area contributed by atoms with Gasteiger partial charge in [0.2, 0.25) is 5.78 Å². The van der Waals surface area contributed by atoms with E-state index in [9.17, 15) is 34.8 Å². The lowest BCUT2D eigenvalue weighted by Crippen LogP contribution is -2.71. The molecule has 2 aromatic rings. The molecule has 4 N–H and O–H groups in total. The maximum absolute atomic E-state index is 14.5. The van der Waals surface area contributed by atoms with Gasteiger partial charge in [0.15, 0.2) is 17.2 Å². The van der Waals surface area contributed by atoms with Crippen LogP contribution in [-0.2, 0) is 16.0 Å². The summed E-state index contributed by atoms with van der Waals surface area (Å²) < 4.78 is 0. The molecule has 4 aliphatic rings. The molecule has 0 bridgehead atoms. The third-order valence-corrected chi connectivity index (χ3v) is 11.6. The van der Waals surface area contributed by atoms with Gasteiger partial charge in [0.05, 0.1) is 5.56 Å². The van der Waals surface area contributed by atoms with Crippen molar-refractivity contribution >= 4 is 29.0 Å². The van der Waals surface area contributed by atoms with Gasteiger partial charge in [0.25, 0.3) is 0 Å². The molecule has 7 nitrogen and oxygen atoms in total. The zero-order valence-corrected chi connectivity index (χ0v) is 25.6. The fraction of sp³-hybridized carbons (Fsp3) is 0.417. The number of ketones is 3. The van der Waals surface area contributed by atoms with Gasteiger partial charge in [-0.05, 0) is 53.4 Å². The number of aliphatic hydroxyl groups is 3. The van der Waals surface area contributed by atoms with Gasteiger partial charge in [0, 0.05) is 27.9 Å². The molecule has 0 fully saturated rings. The maximum Gasteiger partial charge on any atom is 0.209 e. The van der Waals surface area contributed by atoms with Crippen molar-refractivity contribution in [1.82, 2.24) is 0 Å². The SMILES string of the molecule is CC(=O)C1=C(O)C(C(C)C)[C@@]2(C)[C@H](C)[C@]3(C)C(=C(O)[C@@]2(O)C1=O)C(=O)c1c(ccc(C2=Cc4ccccc4C2)c1O)[C@H]3C. The largest absolute Gasteiger partial charge is 0.511 e. The molecule has 0 amide bonds. The van der Waals surface area contributed by atoms with E-state index in [2.05, 4.69) is 0 Å². The first kappa shape index (κ1) is 29.1. The van der Waals surface area contributed by atoms with Gasteiger partial charge in [-0.25, -0.2) is 0 Å². The average Bonchev–Trinajstić information content (AvgIpc) is 3.37. The van der Waals surface area contributed by atoms with Crippen LogP contribution in [0.15, 0.2) is 59.1 Å². The Balaban J connectivity index is 1.61. The number of benzene rings is 2. The van der Waals surface area contributed by atoms with E-state index < -0.39 is 68.6 Å². The minimum Gasteiger partial charge on any atom is -0.511 e. The lowest BCUT2D eigenvalue weighted by atomic mass is 9.39. The monoisotopic (exact) mass is 582 g/mol. The summed E-state index contributed by atoms with van der Waals surface area (Å²) in [5, 5.41) is 47.5. The first-order valence-corrected chi connectivity index (χ1v) is 14.9. The lowest BCUT2D eigenvalue weighted by molar-refractivity contribution is -0.189. The molecule has 7 heteroatoms. The van der Waals surface area contributed by atoms with E-state index in [0.717, 1.165) is 23.6 Å². The van der Waals surface area contributed by atoms with Crippen molar-refractivity contribution in [3.8, 4) is 5.75 Å². The average molecular weight is 583 g/mol. The lowest BCUT2D eigenvalue weighted by Gasteiger charge is -2.64. The van der Waals surface area contributed by atoms with Crippen molar-refractivity contribution in [2.75, 3.05) is 0 Å². The predicted octanol–water partition coefficient (Wildman–Crippen LogP) is 6.25. The van der Waals surface area contributed by atoms with Crippen molar-refractivity contribution in [2.45, 2.75) is 66.4 Å². The van der Waals surface area contributed by atoms with Crippen molar-refractivity contribution in [2.24, 2.45) is 28.6 Å². The molecule has 0 spiro atoms. The summed E-state index contributed by atoms with van der Waals surface area (Å²) in [6, 6.07) is 11.6. The Morgan fingerprint density at radius 2 is 1.65 bits per heavy atom. The highest BCUT2D eigenvalue weighted by Crippen LogP contribution is 2.70. The summed E-state index contributed by atoms with van der Waals surface area (Å²) in [7, 11) is 0. The molecule has 2 aromatic carbocycles. The van der Waals surface area contributed by atoms with Crippen molar-refractivity contribution in [1.29, 1.82) is 0 Å². The molecule has 6 rings (SSSR count). The zero-order chi connectivity index (χ0) is 31.5. The second-order valence-electron chi connectivity index (χ2n) is 13.6. The Labute approximate surface area is 251 Å². The second-order valence-corrected chi connectivity index (χ2v) is 13.6. The third kappa shape index (κ3) is 3.26. The molecule has 224 valence electrons. The van der Waals surface area contributed by atoms with E-state index in [1.807, 2.05) is 77.1 Å². The molecular weight excluding hydrogens is 544 g/mol. The maximum atomic E-state index is 14.5. The molecule has 6 atom stereocenters. The molecule has 0 radical (unpaired) electrons. The van der Waals surface area contributed by atoms with Crippen LogP contribution in [-0.4, -0.2) is 43.4 Å².